The number of esters is 1. The maximum atomic E-state index is 12.4. The van der Waals surface area contributed by atoms with Crippen molar-refractivity contribution in [2.45, 2.75) is 19.9 Å². The summed E-state index contributed by atoms with van der Waals surface area (Å²) in [4.78, 5) is 25.6. The van der Waals surface area contributed by atoms with Crippen LogP contribution in [0.3, 0.4) is 0 Å². The van der Waals surface area contributed by atoms with E-state index in [9.17, 15) is 9.59 Å². The molecule has 0 spiro atoms. The Bertz CT molecular complexity index is 498. The first-order valence-corrected chi connectivity index (χ1v) is 7.09. The molecule has 0 saturated carbocycles. The summed E-state index contributed by atoms with van der Waals surface area (Å²) in [6.07, 6.45) is 2.56. The van der Waals surface area contributed by atoms with Gasteiger partial charge in [-0.1, -0.05) is 0 Å². The van der Waals surface area contributed by atoms with Gasteiger partial charge in [-0.25, -0.2) is 0 Å². The number of methoxy groups -OCH3 is 1. The third kappa shape index (κ3) is 2.83. The molecule has 19 heavy (non-hydrogen) atoms. The number of hydrogen-bond donors (Lipinski definition) is 0. The number of nitrogens with zero attached hydrogens (tertiary/aromatic N) is 2. The topological polar surface area (TPSA) is 51.5 Å². The van der Waals surface area contributed by atoms with Crippen molar-refractivity contribution in [1.29, 1.82) is 0 Å². The van der Waals surface area contributed by atoms with Gasteiger partial charge in [-0.05, 0) is 35.3 Å². The van der Waals surface area contributed by atoms with Crippen molar-refractivity contribution in [1.82, 2.24) is 9.47 Å². The van der Waals surface area contributed by atoms with Gasteiger partial charge in [0.25, 0.3) is 5.91 Å². The molecule has 1 aliphatic rings. The molecule has 2 heterocycles. The number of ether oxygens (including phenoxy) is 1. The van der Waals surface area contributed by atoms with Gasteiger partial charge in [0.15, 0.2) is 0 Å². The van der Waals surface area contributed by atoms with E-state index >= 15 is 0 Å². The summed E-state index contributed by atoms with van der Waals surface area (Å²) in [5, 5.41) is 0. The first-order chi connectivity index (χ1) is 9.06. The number of rotatable bonds is 3. The molecule has 6 heteroatoms. The van der Waals surface area contributed by atoms with Gasteiger partial charge >= 0.3 is 5.97 Å². The third-order valence-electron chi connectivity index (χ3n) is 3.43. The van der Waals surface area contributed by atoms with Gasteiger partial charge in [-0.2, -0.15) is 0 Å². The van der Waals surface area contributed by atoms with E-state index in [1.54, 1.807) is 4.90 Å². The van der Waals surface area contributed by atoms with Crippen LogP contribution in [-0.2, 0) is 16.1 Å². The molecule has 0 N–H and O–H groups in total. The molecule has 1 atom stereocenters. The number of hydrogen-bond acceptors (Lipinski definition) is 3. The molecule has 2 rings (SSSR count). The zero-order chi connectivity index (χ0) is 14.0. The predicted octanol–water partition coefficient (Wildman–Crippen LogP) is 1.91. The molecule has 0 aliphatic carbocycles. The molecule has 0 radical (unpaired) electrons. The molecular formula is C13H17BrN2O3. The van der Waals surface area contributed by atoms with Crippen LogP contribution in [0.5, 0.6) is 0 Å². The lowest BCUT2D eigenvalue weighted by Gasteiger charge is -2.17. The monoisotopic (exact) mass is 328 g/mol. The smallest absolute Gasteiger partial charge is 0.310 e. The Morgan fingerprint density at radius 1 is 1.53 bits per heavy atom. The van der Waals surface area contributed by atoms with Crippen molar-refractivity contribution >= 4 is 27.8 Å². The number of carbonyl (C=O) groups excluding carboxylic acids is 2. The minimum absolute atomic E-state index is 0.0287. The number of aryl methyl sites for hydroxylation is 1. The van der Waals surface area contributed by atoms with E-state index in [0.29, 0.717) is 25.2 Å². The van der Waals surface area contributed by atoms with Crippen LogP contribution < -0.4 is 0 Å². The molecule has 1 aromatic rings. The zero-order valence-electron chi connectivity index (χ0n) is 11.1. The quantitative estimate of drug-likeness (QED) is 0.796. The van der Waals surface area contributed by atoms with Crippen LogP contribution in [0.1, 0.15) is 23.8 Å². The van der Waals surface area contributed by atoms with E-state index in [2.05, 4.69) is 15.9 Å². The Morgan fingerprint density at radius 2 is 2.26 bits per heavy atom. The molecular weight excluding hydrogens is 312 g/mol. The summed E-state index contributed by atoms with van der Waals surface area (Å²) in [6, 6.07) is 1.82. The van der Waals surface area contributed by atoms with Crippen molar-refractivity contribution in [2.75, 3.05) is 20.2 Å². The second-order valence-electron chi connectivity index (χ2n) is 4.59. The van der Waals surface area contributed by atoms with Gasteiger partial charge in [-0.3, -0.25) is 9.59 Å². The van der Waals surface area contributed by atoms with E-state index in [4.69, 9.17) is 4.74 Å². The number of halogens is 1. The molecule has 0 bridgehead atoms. The molecule has 1 aromatic heterocycles. The largest absolute Gasteiger partial charge is 0.469 e. The molecule has 104 valence electrons. The molecule has 5 nitrogen and oxygen atoms in total. The summed E-state index contributed by atoms with van der Waals surface area (Å²) in [7, 11) is 1.38. The zero-order valence-corrected chi connectivity index (χ0v) is 12.6. The van der Waals surface area contributed by atoms with Gasteiger partial charge in [0, 0.05) is 30.3 Å². The van der Waals surface area contributed by atoms with Crippen LogP contribution in [0.15, 0.2) is 16.7 Å². The maximum Gasteiger partial charge on any atom is 0.310 e. The van der Waals surface area contributed by atoms with E-state index in [1.807, 2.05) is 23.8 Å². The number of carbonyl (C=O) groups is 2. The van der Waals surface area contributed by atoms with Gasteiger partial charge in [-0.15, -0.1) is 0 Å². The Labute approximate surface area is 120 Å². The summed E-state index contributed by atoms with van der Waals surface area (Å²) >= 11 is 3.38. The Hall–Kier alpha value is -1.30. The number of amides is 1. The van der Waals surface area contributed by atoms with Crippen LogP contribution in [0.4, 0.5) is 0 Å². The fraction of sp³-hybridized carbons (Fsp3) is 0.538. The minimum Gasteiger partial charge on any atom is -0.469 e. The molecule has 1 fully saturated rings. The SMILES string of the molecule is CCn1cc(Br)cc1C(=O)N1CCC(C(=O)OC)C1. The average Bonchev–Trinajstić information content (AvgIpc) is 3.03. The Morgan fingerprint density at radius 3 is 2.89 bits per heavy atom. The number of aromatic nitrogens is 1. The first kappa shape index (κ1) is 14.1. The molecule has 1 unspecified atom stereocenters. The highest BCUT2D eigenvalue weighted by Gasteiger charge is 2.33. The Balaban J connectivity index is 2.11. The van der Waals surface area contributed by atoms with Crippen LogP contribution >= 0.6 is 15.9 Å². The lowest BCUT2D eigenvalue weighted by molar-refractivity contribution is -0.144. The lowest BCUT2D eigenvalue weighted by Crippen LogP contribution is -2.31. The molecule has 1 saturated heterocycles. The fourth-order valence-electron chi connectivity index (χ4n) is 2.38. The van der Waals surface area contributed by atoms with Crippen molar-refractivity contribution in [2.24, 2.45) is 5.92 Å². The van der Waals surface area contributed by atoms with E-state index < -0.39 is 0 Å². The van der Waals surface area contributed by atoms with Crippen LogP contribution in [-0.4, -0.2) is 41.5 Å². The van der Waals surface area contributed by atoms with Crippen molar-refractivity contribution in [3.05, 3.63) is 22.4 Å². The maximum absolute atomic E-state index is 12.4. The summed E-state index contributed by atoms with van der Waals surface area (Å²) < 4.78 is 7.52. The van der Waals surface area contributed by atoms with Gasteiger partial charge < -0.3 is 14.2 Å². The predicted molar refractivity (Wildman–Crippen MR) is 73.8 cm³/mol. The highest BCUT2D eigenvalue weighted by molar-refractivity contribution is 9.10. The van der Waals surface area contributed by atoms with E-state index in [-0.39, 0.29) is 17.8 Å². The van der Waals surface area contributed by atoms with Crippen molar-refractivity contribution in [3.8, 4) is 0 Å². The van der Waals surface area contributed by atoms with E-state index in [0.717, 1.165) is 11.0 Å². The van der Waals surface area contributed by atoms with Crippen LogP contribution in [0, 0.1) is 5.92 Å². The van der Waals surface area contributed by atoms with Gasteiger partial charge in [0.05, 0.1) is 13.0 Å². The highest BCUT2D eigenvalue weighted by Crippen LogP contribution is 2.22. The molecule has 0 aromatic carbocycles. The number of likely N-dealkylation sites (tertiary alicyclic amines) is 1. The van der Waals surface area contributed by atoms with Crippen LogP contribution in [0.2, 0.25) is 0 Å². The average molecular weight is 329 g/mol. The summed E-state index contributed by atoms with van der Waals surface area (Å²) in [5.74, 6) is -0.455. The minimum atomic E-state index is -0.234. The molecule has 1 amide bonds. The summed E-state index contributed by atoms with van der Waals surface area (Å²) in [6.45, 7) is 3.77. The normalized spacial score (nSPS) is 18.7. The second kappa shape index (κ2) is 5.77. The fourth-order valence-corrected chi connectivity index (χ4v) is 2.85. The van der Waals surface area contributed by atoms with Gasteiger partial charge in [0.2, 0.25) is 0 Å². The standard InChI is InChI=1S/C13H17BrN2O3/c1-3-15-8-10(14)6-11(15)12(17)16-5-4-9(7-16)13(18)19-2/h6,8-9H,3-5,7H2,1-2H3. The Kier molecular flexibility index (Phi) is 4.29. The van der Waals surface area contributed by atoms with Crippen molar-refractivity contribution < 1.29 is 14.3 Å². The lowest BCUT2D eigenvalue weighted by atomic mass is 10.1. The van der Waals surface area contributed by atoms with Crippen molar-refractivity contribution in [3.63, 3.8) is 0 Å². The van der Waals surface area contributed by atoms with Gasteiger partial charge in [0.1, 0.15) is 5.69 Å². The first-order valence-electron chi connectivity index (χ1n) is 6.29. The summed E-state index contributed by atoms with van der Waals surface area (Å²) in [5.41, 5.74) is 0.653. The molecule has 1 aliphatic heterocycles. The second-order valence-corrected chi connectivity index (χ2v) is 5.51. The highest BCUT2D eigenvalue weighted by atomic mass is 79.9. The van der Waals surface area contributed by atoms with Crippen LogP contribution in [0.25, 0.3) is 0 Å². The third-order valence-corrected chi connectivity index (χ3v) is 3.87. The van der Waals surface area contributed by atoms with E-state index in [1.165, 1.54) is 7.11 Å².